The second-order valence-electron chi connectivity index (χ2n) is 5.10. The minimum absolute atomic E-state index is 0. The Morgan fingerprint density at radius 1 is 1.20 bits per heavy atom. The Hall–Kier alpha value is -0.292. The molecule has 0 aliphatic rings. The van der Waals surface area contributed by atoms with Crippen LogP contribution in [0.1, 0.15) is 51.4 Å². The summed E-state index contributed by atoms with van der Waals surface area (Å²) < 4.78 is 0. The van der Waals surface area contributed by atoms with Crippen LogP contribution in [0.15, 0.2) is 12.3 Å². The van der Waals surface area contributed by atoms with Crippen molar-refractivity contribution in [2.75, 3.05) is 0 Å². The summed E-state index contributed by atoms with van der Waals surface area (Å²) in [5, 5.41) is 0. The topological polar surface area (TPSA) is 12.9 Å². The summed E-state index contributed by atoms with van der Waals surface area (Å²) in [6, 6.07) is 2.09. The van der Waals surface area contributed by atoms with E-state index in [4.69, 9.17) is 0 Å². The van der Waals surface area contributed by atoms with E-state index in [1.54, 1.807) is 0 Å². The number of rotatable bonds is 1. The average Bonchev–Trinajstić information content (AvgIpc) is 2.01. The fourth-order valence-corrected chi connectivity index (χ4v) is 1.88. The van der Waals surface area contributed by atoms with Gasteiger partial charge in [-0.2, -0.15) is 11.5 Å². The molecule has 0 fully saturated rings. The van der Waals surface area contributed by atoms with Gasteiger partial charge >= 0.3 is 0 Å². The Morgan fingerprint density at radius 2 is 1.73 bits per heavy atom. The van der Waals surface area contributed by atoms with Crippen LogP contribution >= 0.6 is 0 Å². The summed E-state index contributed by atoms with van der Waals surface area (Å²) in [7, 11) is 0. The Morgan fingerprint density at radius 3 is 2.07 bits per heavy atom. The summed E-state index contributed by atoms with van der Waals surface area (Å²) in [6.45, 7) is 13.1. The van der Waals surface area contributed by atoms with Crippen LogP contribution in [0.2, 0.25) is 0 Å². The van der Waals surface area contributed by atoms with Crippen molar-refractivity contribution in [2.24, 2.45) is 0 Å². The third-order valence-electron chi connectivity index (χ3n) is 2.38. The predicted molar refractivity (Wildman–Crippen MR) is 61.4 cm³/mol. The van der Waals surface area contributed by atoms with Gasteiger partial charge in [-0.15, -0.1) is 19.4 Å². The van der Waals surface area contributed by atoms with Gasteiger partial charge in [-0.05, 0) is 0 Å². The number of hydrogen-bond acceptors (Lipinski definition) is 1. The molecule has 0 saturated heterocycles. The third-order valence-corrected chi connectivity index (χ3v) is 2.38. The molecule has 0 aliphatic carbocycles. The van der Waals surface area contributed by atoms with Crippen molar-refractivity contribution in [2.45, 2.75) is 47.0 Å². The standard InChI is InChI=1S/C13H20N.W/c1-9(2)12-11(13(4,5)6)10(3)7-8-14-12;/h7-8H,1-6H3;/q-1;. The monoisotopic (exact) mass is 374 g/mol. The van der Waals surface area contributed by atoms with E-state index in [0.29, 0.717) is 0 Å². The molecule has 0 amide bonds. The van der Waals surface area contributed by atoms with E-state index >= 15 is 0 Å². The Kier molecular flexibility index (Phi) is 5.06. The molecule has 1 rings (SSSR count). The first-order chi connectivity index (χ1) is 6.34. The maximum Gasteiger partial charge on any atom is 0.0225 e. The molecule has 2 heteroatoms. The number of nitrogens with zero attached hydrogens (tertiary/aromatic N) is 1. The molecule has 0 aromatic carbocycles. The largest absolute Gasteiger partial charge is 0.295 e. The first kappa shape index (κ1) is 14.7. The minimum atomic E-state index is 0. The van der Waals surface area contributed by atoms with E-state index in [9.17, 15) is 0 Å². The molecule has 1 aromatic heterocycles. The van der Waals surface area contributed by atoms with Crippen LogP contribution in [0.5, 0.6) is 0 Å². The summed E-state index contributed by atoms with van der Waals surface area (Å²) in [5.74, 6) is 1.29. The van der Waals surface area contributed by atoms with E-state index in [2.05, 4.69) is 52.6 Å². The quantitative estimate of drug-likeness (QED) is 0.684. The van der Waals surface area contributed by atoms with Crippen LogP contribution in [-0.2, 0) is 26.5 Å². The average molecular weight is 374 g/mol. The second kappa shape index (κ2) is 5.16. The molecule has 0 radical (unpaired) electrons. The number of hydrogen-bond donors (Lipinski definition) is 0. The Balaban J connectivity index is 0.00000196. The zero-order valence-corrected chi connectivity index (χ0v) is 13.4. The molecule has 0 aliphatic heterocycles. The molecule has 0 bridgehead atoms. The summed E-state index contributed by atoms with van der Waals surface area (Å²) in [5.41, 5.74) is 4.05. The third kappa shape index (κ3) is 3.34. The molecule has 1 heterocycles. The SMILES string of the molecule is Cc1ccnc([C-](C)C)c1C(C)(C)C.[W]. The smallest absolute Gasteiger partial charge is 0.0225 e. The normalized spacial score (nSPS) is 10.8. The van der Waals surface area contributed by atoms with Crippen LogP contribution in [0.25, 0.3) is 0 Å². The van der Waals surface area contributed by atoms with Gasteiger partial charge in [0.1, 0.15) is 0 Å². The van der Waals surface area contributed by atoms with Crippen LogP contribution in [0.3, 0.4) is 0 Å². The molecule has 15 heavy (non-hydrogen) atoms. The van der Waals surface area contributed by atoms with Gasteiger partial charge < -0.3 is 0 Å². The van der Waals surface area contributed by atoms with Crippen molar-refractivity contribution < 1.29 is 21.1 Å². The Bertz CT molecular complexity index is 324. The summed E-state index contributed by atoms with van der Waals surface area (Å²) in [6.07, 6.45) is 1.90. The number of pyridine rings is 1. The van der Waals surface area contributed by atoms with E-state index in [0.717, 1.165) is 5.69 Å². The van der Waals surface area contributed by atoms with Gasteiger partial charge in [-0.3, -0.25) is 4.98 Å². The zero-order valence-electron chi connectivity index (χ0n) is 10.5. The van der Waals surface area contributed by atoms with E-state index < -0.39 is 0 Å². The van der Waals surface area contributed by atoms with E-state index in [1.165, 1.54) is 17.0 Å². The van der Waals surface area contributed by atoms with Crippen LogP contribution < -0.4 is 0 Å². The molecule has 1 nitrogen and oxygen atoms in total. The second-order valence-corrected chi connectivity index (χ2v) is 5.10. The van der Waals surface area contributed by atoms with Crippen LogP contribution in [0.4, 0.5) is 0 Å². The fraction of sp³-hybridized carbons (Fsp3) is 0.538. The van der Waals surface area contributed by atoms with E-state index in [1.807, 2.05) is 6.20 Å². The molecular weight excluding hydrogens is 354 g/mol. The molecule has 84 valence electrons. The Labute approximate surface area is 108 Å². The molecule has 0 saturated carbocycles. The first-order valence-electron chi connectivity index (χ1n) is 5.10. The van der Waals surface area contributed by atoms with Gasteiger partial charge in [0, 0.05) is 27.3 Å². The minimum Gasteiger partial charge on any atom is -0.295 e. The molecule has 0 unspecified atom stereocenters. The molecular formula is C13H20NW-. The fourth-order valence-electron chi connectivity index (χ4n) is 1.88. The molecule has 0 atom stereocenters. The van der Waals surface area contributed by atoms with Crippen LogP contribution in [-0.4, -0.2) is 4.98 Å². The van der Waals surface area contributed by atoms with Gasteiger partial charge in [0.25, 0.3) is 0 Å². The van der Waals surface area contributed by atoms with Gasteiger partial charge in [0.15, 0.2) is 0 Å². The molecule has 1 aromatic rings. The van der Waals surface area contributed by atoms with Crippen molar-refractivity contribution in [1.29, 1.82) is 0 Å². The molecule has 0 spiro atoms. The maximum absolute atomic E-state index is 4.47. The van der Waals surface area contributed by atoms with E-state index in [-0.39, 0.29) is 26.5 Å². The number of aromatic nitrogens is 1. The summed E-state index contributed by atoms with van der Waals surface area (Å²) in [4.78, 5) is 4.47. The maximum atomic E-state index is 4.47. The van der Waals surface area contributed by atoms with Gasteiger partial charge in [0.05, 0.1) is 0 Å². The first-order valence-corrected chi connectivity index (χ1v) is 5.10. The van der Waals surface area contributed by atoms with Crippen molar-refractivity contribution in [3.8, 4) is 0 Å². The van der Waals surface area contributed by atoms with Crippen LogP contribution in [0, 0.1) is 12.8 Å². The zero-order chi connectivity index (χ0) is 10.9. The summed E-state index contributed by atoms with van der Waals surface area (Å²) >= 11 is 0. The van der Waals surface area contributed by atoms with Crippen molar-refractivity contribution >= 4 is 0 Å². The number of aryl methyl sites for hydroxylation is 1. The molecule has 0 N–H and O–H groups in total. The predicted octanol–water partition coefficient (Wildman–Crippen LogP) is 3.65. The van der Waals surface area contributed by atoms with Crippen molar-refractivity contribution in [3.05, 3.63) is 35.0 Å². The van der Waals surface area contributed by atoms with Crippen molar-refractivity contribution in [1.82, 2.24) is 4.98 Å². The van der Waals surface area contributed by atoms with Gasteiger partial charge in [0.2, 0.25) is 0 Å². The van der Waals surface area contributed by atoms with Crippen molar-refractivity contribution in [3.63, 3.8) is 0 Å². The van der Waals surface area contributed by atoms with Gasteiger partial charge in [-0.1, -0.05) is 44.9 Å². The van der Waals surface area contributed by atoms with Gasteiger partial charge in [-0.25, -0.2) is 0 Å².